The fourth-order valence-corrected chi connectivity index (χ4v) is 2.39. The van der Waals surface area contributed by atoms with E-state index in [1.165, 1.54) is 0 Å². The highest BCUT2D eigenvalue weighted by atomic mass is 15.3. The molecule has 3 N–H and O–H groups in total. The molecule has 3 aromatic rings. The van der Waals surface area contributed by atoms with Gasteiger partial charge in [0.05, 0.1) is 0 Å². The molecule has 3 rings (SSSR count). The molecule has 0 aliphatic rings. The van der Waals surface area contributed by atoms with Crippen molar-refractivity contribution in [1.29, 1.82) is 0 Å². The van der Waals surface area contributed by atoms with E-state index in [1.807, 2.05) is 69.3 Å². The topological polar surface area (TPSA) is 74.8 Å². The number of rotatable bonds is 6. The van der Waals surface area contributed by atoms with Gasteiger partial charge in [-0.1, -0.05) is 36.4 Å². The van der Waals surface area contributed by atoms with Crippen molar-refractivity contribution in [3.8, 4) is 0 Å². The van der Waals surface area contributed by atoms with E-state index in [2.05, 4.69) is 30.9 Å². The molecule has 0 saturated heterocycles. The van der Waals surface area contributed by atoms with Crippen LogP contribution in [0.3, 0.4) is 0 Å². The molecule has 6 nitrogen and oxygen atoms in total. The number of para-hydroxylation sites is 2. The van der Waals surface area contributed by atoms with Gasteiger partial charge in [0.15, 0.2) is 0 Å². The standard InChI is InChI=1S/C19H22N6/c1-4-20-17-23-18(21-15-11-7-5-9-13(15)2)25-19(24-17)22-16-12-8-6-10-14(16)3/h5-12H,4H2,1-3H3,(H3,20,21,22,23,24,25). The van der Waals surface area contributed by atoms with Crippen LogP contribution in [0.5, 0.6) is 0 Å². The van der Waals surface area contributed by atoms with Crippen LogP contribution in [0.2, 0.25) is 0 Å². The molecule has 0 bridgehead atoms. The van der Waals surface area contributed by atoms with Crippen molar-refractivity contribution in [2.24, 2.45) is 0 Å². The Morgan fingerprint density at radius 1 is 0.680 bits per heavy atom. The summed E-state index contributed by atoms with van der Waals surface area (Å²) < 4.78 is 0. The Hall–Kier alpha value is -3.15. The molecule has 6 heteroatoms. The number of benzene rings is 2. The van der Waals surface area contributed by atoms with Crippen molar-refractivity contribution in [2.45, 2.75) is 20.8 Å². The van der Waals surface area contributed by atoms with Crippen LogP contribution in [0.15, 0.2) is 48.5 Å². The van der Waals surface area contributed by atoms with Crippen molar-refractivity contribution >= 4 is 29.2 Å². The summed E-state index contributed by atoms with van der Waals surface area (Å²) in [5.41, 5.74) is 4.19. The number of aromatic nitrogens is 3. The van der Waals surface area contributed by atoms with E-state index >= 15 is 0 Å². The molecule has 0 atom stereocenters. The van der Waals surface area contributed by atoms with Crippen LogP contribution in [-0.2, 0) is 0 Å². The van der Waals surface area contributed by atoms with E-state index in [4.69, 9.17) is 0 Å². The Labute approximate surface area is 147 Å². The van der Waals surface area contributed by atoms with E-state index in [1.54, 1.807) is 0 Å². The smallest absolute Gasteiger partial charge is 0.233 e. The SMILES string of the molecule is CCNc1nc(Nc2ccccc2C)nc(Nc2ccccc2C)n1. The molecule has 0 aliphatic heterocycles. The average molecular weight is 334 g/mol. The van der Waals surface area contributed by atoms with E-state index < -0.39 is 0 Å². The van der Waals surface area contributed by atoms with Crippen LogP contribution in [0.4, 0.5) is 29.2 Å². The van der Waals surface area contributed by atoms with Crippen molar-refractivity contribution in [3.05, 3.63) is 59.7 Å². The fraction of sp³-hybridized carbons (Fsp3) is 0.211. The third-order valence-electron chi connectivity index (χ3n) is 3.75. The average Bonchev–Trinajstić information content (AvgIpc) is 2.59. The Morgan fingerprint density at radius 2 is 1.12 bits per heavy atom. The number of hydrogen-bond acceptors (Lipinski definition) is 6. The van der Waals surface area contributed by atoms with Crippen LogP contribution in [0.1, 0.15) is 18.1 Å². The summed E-state index contributed by atoms with van der Waals surface area (Å²) in [7, 11) is 0. The molecular weight excluding hydrogens is 312 g/mol. The van der Waals surface area contributed by atoms with Gasteiger partial charge in [-0.2, -0.15) is 15.0 Å². The lowest BCUT2D eigenvalue weighted by Crippen LogP contribution is -2.09. The predicted molar refractivity (Wildman–Crippen MR) is 103 cm³/mol. The van der Waals surface area contributed by atoms with E-state index in [9.17, 15) is 0 Å². The number of nitrogens with one attached hydrogen (secondary N) is 3. The van der Waals surface area contributed by atoms with Crippen molar-refractivity contribution in [2.75, 3.05) is 22.5 Å². The Balaban J connectivity index is 1.92. The summed E-state index contributed by atoms with van der Waals surface area (Å²) in [6.07, 6.45) is 0. The molecule has 0 amide bonds. The Kier molecular flexibility index (Phi) is 5.09. The van der Waals surface area contributed by atoms with Crippen LogP contribution in [0, 0.1) is 13.8 Å². The minimum absolute atomic E-state index is 0.497. The zero-order valence-electron chi connectivity index (χ0n) is 14.7. The maximum Gasteiger partial charge on any atom is 0.233 e. The number of anilines is 5. The lowest BCUT2D eigenvalue weighted by Gasteiger charge is -2.12. The second-order valence-corrected chi connectivity index (χ2v) is 5.72. The maximum atomic E-state index is 4.50. The number of aryl methyl sites for hydroxylation is 2. The molecular formula is C19H22N6. The van der Waals surface area contributed by atoms with Gasteiger partial charge in [0, 0.05) is 17.9 Å². The fourth-order valence-electron chi connectivity index (χ4n) is 2.39. The highest BCUT2D eigenvalue weighted by Crippen LogP contribution is 2.22. The predicted octanol–water partition coefficient (Wildman–Crippen LogP) is 4.41. The van der Waals surface area contributed by atoms with E-state index in [-0.39, 0.29) is 0 Å². The van der Waals surface area contributed by atoms with Crippen molar-refractivity contribution in [3.63, 3.8) is 0 Å². The third kappa shape index (κ3) is 4.23. The molecule has 0 fully saturated rings. The first kappa shape index (κ1) is 16.7. The van der Waals surface area contributed by atoms with Gasteiger partial charge in [-0.05, 0) is 44.0 Å². The summed E-state index contributed by atoms with van der Waals surface area (Å²) in [6, 6.07) is 16.1. The monoisotopic (exact) mass is 334 g/mol. The summed E-state index contributed by atoms with van der Waals surface area (Å²) in [4.78, 5) is 13.4. The van der Waals surface area contributed by atoms with Crippen LogP contribution in [-0.4, -0.2) is 21.5 Å². The zero-order valence-corrected chi connectivity index (χ0v) is 14.7. The molecule has 25 heavy (non-hydrogen) atoms. The second-order valence-electron chi connectivity index (χ2n) is 5.72. The third-order valence-corrected chi connectivity index (χ3v) is 3.75. The summed E-state index contributed by atoms with van der Waals surface area (Å²) in [6.45, 7) is 6.83. The van der Waals surface area contributed by atoms with Gasteiger partial charge in [-0.25, -0.2) is 0 Å². The molecule has 0 spiro atoms. The van der Waals surface area contributed by atoms with Crippen LogP contribution in [0.25, 0.3) is 0 Å². The molecule has 128 valence electrons. The lowest BCUT2D eigenvalue weighted by molar-refractivity contribution is 1.03. The van der Waals surface area contributed by atoms with Gasteiger partial charge < -0.3 is 16.0 Å². The first-order chi connectivity index (χ1) is 12.2. The van der Waals surface area contributed by atoms with Crippen LogP contribution >= 0.6 is 0 Å². The largest absolute Gasteiger partial charge is 0.354 e. The van der Waals surface area contributed by atoms with Gasteiger partial charge in [-0.3, -0.25) is 0 Å². The van der Waals surface area contributed by atoms with Gasteiger partial charge in [0.2, 0.25) is 17.8 Å². The molecule has 2 aromatic carbocycles. The molecule has 0 radical (unpaired) electrons. The van der Waals surface area contributed by atoms with Crippen molar-refractivity contribution in [1.82, 2.24) is 15.0 Å². The van der Waals surface area contributed by atoms with E-state index in [0.29, 0.717) is 17.8 Å². The normalized spacial score (nSPS) is 10.4. The highest BCUT2D eigenvalue weighted by molar-refractivity contribution is 5.62. The molecule has 0 saturated carbocycles. The van der Waals surface area contributed by atoms with Gasteiger partial charge in [0.1, 0.15) is 0 Å². The minimum atomic E-state index is 0.497. The zero-order chi connectivity index (χ0) is 17.6. The van der Waals surface area contributed by atoms with Gasteiger partial charge in [-0.15, -0.1) is 0 Å². The molecule has 0 unspecified atom stereocenters. The summed E-state index contributed by atoms with van der Waals surface area (Å²) >= 11 is 0. The summed E-state index contributed by atoms with van der Waals surface area (Å²) in [5, 5.41) is 9.69. The number of hydrogen-bond donors (Lipinski definition) is 3. The second kappa shape index (κ2) is 7.61. The summed E-state index contributed by atoms with van der Waals surface area (Å²) in [5.74, 6) is 1.53. The quantitative estimate of drug-likeness (QED) is 0.620. The highest BCUT2D eigenvalue weighted by Gasteiger charge is 2.08. The Morgan fingerprint density at radius 3 is 1.56 bits per heavy atom. The molecule has 1 heterocycles. The minimum Gasteiger partial charge on any atom is -0.354 e. The molecule has 0 aliphatic carbocycles. The maximum absolute atomic E-state index is 4.50. The van der Waals surface area contributed by atoms with Crippen LogP contribution < -0.4 is 16.0 Å². The lowest BCUT2D eigenvalue weighted by atomic mass is 10.2. The molecule has 1 aromatic heterocycles. The first-order valence-corrected chi connectivity index (χ1v) is 8.31. The Bertz CT molecular complexity index is 796. The van der Waals surface area contributed by atoms with Gasteiger partial charge >= 0.3 is 0 Å². The number of nitrogens with zero attached hydrogens (tertiary/aromatic N) is 3. The van der Waals surface area contributed by atoms with Gasteiger partial charge in [0.25, 0.3) is 0 Å². The van der Waals surface area contributed by atoms with Crippen molar-refractivity contribution < 1.29 is 0 Å². The first-order valence-electron chi connectivity index (χ1n) is 8.31. The van der Waals surface area contributed by atoms with E-state index in [0.717, 1.165) is 29.0 Å².